The molecule has 0 amide bonds. The minimum atomic E-state index is 0.696. The Morgan fingerprint density at radius 2 is 1.75 bits per heavy atom. The molecule has 0 fully saturated rings. The van der Waals surface area contributed by atoms with Crippen molar-refractivity contribution in [1.82, 2.24) is 0 Å². The van der Waals surface area contributed by atoms with Crippen LogP contribution >= 0.6 is 31.9 Å². The fraction of sp³-hybridized carbons (Fsp3) is 0.364. The lowest BCUT2D eigenvalue weighted by molar-refractivity contribution is 0.350. The minimum absolute atomic E-state index is 0.696. The molecule has 0 radical (unpaired) electrons. The molecule has 16 heavy (non-hydrogen) atoms. The van der Waals surface area contributed by atoms with E-state index >= 15 is 0 Å². The molecule has 86 valence electrons. The molecule has 0 bridgehead atoms. The molecular formula is C11H11Br2NO2. The molecule has 1 aliphatic rings. The van der Waals surface area contributed by atoms with Crippen molar-refractivity contribution >= 4 is 38.1 Å². The predicted molar refractivity (Wildman–Crippen MR) is 71.1 cm³/mol. The second kappa shape index (κ2) is 4.75. The van der Waals surface area contributed by atoms with Crippen molar-refractivity contribution in [2.24, 2.45) is 4.99 Å². The van der Waals surface area contributed by atoms with Crippen molar-refractivity contribution in [2.45, 2.75) is 6.42 Å². The van der Waals surface area contributed by atoms with Crippen LogP contribution in [-0.2, 0) is 6.42 Å². The lowest BCUT2D eigenvalue weighted by atomic mass is 10.0. The molecule has 2 rings (SSSR count). The van der Waals surface area contributed by atoms with E-state index in [0.29, 0.717) is 5.75 Å². The van der Waals surface area contributed by atoms with Crippen LogP contribution in [0.1, 0.15) is 11.1 Å². The molecule has 1 heterocycles. The third-order valence-electron chi connectivity index (χ3n) is 2.55. The smallest absolute Gasteiger partial charge is 0.176 e. The zero-order valence-electron chi connectivity index (χ0n) is 9.01. The first-order valence-corrected chi connectivity index (χ1v) is 6.41. The SMILES string of the molecule is COc1c(Br)c2c(c(Br)c1OC)CCN=C2. The number of fused-ring (bicyclic) bond motifs is 1. The Kier molecular flexibility index (Phi) is 3.54. The highest BCUT2D eigenvalue weighted by Gasteiger charge is 2.23. The van der Waals surface area contributed by atoms with E-state index in [1.54, 1.807) is 14.2 Å². The van der Waals surface area contributed by atoms with Crippen molar-refractivity contribution in [3.05, 3.63) is 20.1 Å². The van der Waals surface area contributed by atoms with Crippen LogP contribution in [0.2, 0.25) is 0 Å². The quantitative estimate of drug-likeness (QED) is 0.821. The molecule has 0 N–H and O–H groups in total. The highest BCUT2D eigenvalue weighted by atomic mass is 79.9. The Morgan fingerprint density at radius 3 is 2.38 bits per heavy atom. The van der Waals surface area contributed by atoms with Crippen LogP contribution < -0.4 is 9.47 Å². The molecule has 1 aromatic rings. The first kappa shape index (κ1) is 11.9. The zero-order chi connectivity index (χ0) is 11.7. The van der Waals surface area contributed by atoms with Gasteiger partial charge in [0.1, 0.15) is 0 Å². The predicted octanol–water partition coefficient (Wildman–Crippen LogP) is 3.20. The van der Waals surface area contributed by atoms with Crippen molar-refractivity contribution in [3.63, 3.8) is 0 Å². The third kappa shape index (κ3) is 1.76. The van der Waals surface area contributed by atoms with Crippen LogP contribution in [0.15, 0.2) is 13.9 Å². The van der Waals surface area contributed by atoms with E-state index < -0.39 is 0 Å². The summed E-state index contributed by atoms with van der Waals surface area (Å²) < 4.78 is 12.6. The first-order valence-electron chi connectivity index (χ1n) is 4.82. The molecule has 0 aliphatic carbocycles. The van der Waals surface area contributed by atoms with Crippen molar-refractivity contribution < 1.29 is 9.47 Å². The molecule has 0 aromatic heterocycles. The Morgan fingerprint density at radius 1 is 1.12 bits per heavy atom. The van der Waals surface area contributed by atoms with Crippen LogP contribution in [0.4, 0.5) is 0 Å². The number of ether oxygens (including phenoxy) is 2. The van der Waals surface area contributed by atoms with Crippen molar-refractivity contribution in [2.75, 3.05) is 20.8 Å². The third-order valence-corrected chi connectivity index (χ3v) is 4.18. The van der Waals surface area contributed by atoms with Crippen molar-refractivity contribution in [1.29, 1.82) is 0 Å². The average Bonchev–Trinajstić information content (AvgIpc) is 2.33. The Labute approximate surface area is 111 Å². The molecule has 1 aromatic carbocycles. The first-order chi connectivity index (χ1) is 7.70. The summed E-state index contributed by atoms with van der Waals surface area (Å²) in [4.78, 5) is 4.28. The molecule has 3 nitrogen and oxygen atoms in total. The fourth-order valence-electron chi connectivity index (χ4n) is 1.79. The summed E-state index contributed by atoms with van der Waals surface area (Å²) in [6.07, 6.45) is 2.78. The van der Waals surface area contributed by atoms with E-state index in [1.807, 2.05) is 6.21 Å². The number of nitrogens with zero attached hydrogens (tertiary/aromatic N) is 1. The van der Waals surface area contributed by atoms with E-state index in [0.717, 1.165) is 33.2 Å². The minimum Gasteiger partial charge on any atom is -0.492 e. The summed E-state index contributed by atoms with van der Waals surface area (Å²) in [5.41, 5.74) is 2.27. The standard InChI is InChI=1S/C11H11Br2NO2/c1-15-10-8(12)6-3-4-14-5-7(6)9(13)11(10)16-2/h5H,3-4H2,1-2H3. The molecule has 0 spiro atoms. The molecule has 0 saturated heterocycles. The van der Waals surface area contributed by atoms with Gasteiger partial charge in [-0.05, 0) is 43.8 Å². The van der Waals surface area contributed by atoms with Gasteiger partial charge < -0.3 is 9.47 Å². The van der Waals surface area contributed by atoms with E-state index in [1.165, 1.54) is 5.56 Å². The molecule has 0 saturated carbocycles. The maximum absolute atomic E-state index is 5.37. The van der Waals surface area contributed by atoms with Gasteiger partial charge in [0.05, 0.1) is 23.2 Å². The van der Waals surface area contributed by atoms with Gasteiger partial charge in [-0.1, -0.05) is 0 Å². The van der Waals surface area contributed by atoms with Crippen LogP contribution in [0, 0.1) is 0 Å². The van der Waals surface area contributed by atoms with E-state index in [9.17, 15) is 0 Å². The summed E-state index contributed by atoms with van der Waals surface area (Å²) in [7, 11) is 3.26. The second-order valence-electron chi connectivity index (χ2n) is 3.37. The summed E-state index contributed by atoms with van der Waals surface area (Å²) in [6, 6.07) is 0. The molecule has 0 atom stereocenters. The van der Waals surface area contributed by atoms with Gasteiger partial charge in [-0.25, -0.2) is 0 Å². The average molecular weight is 349 g/mol. The van der Waals surface area contributed by atoms with Crippen LogP contribution in [-0.4, -0.2) is 27.0 Å². The number of hydrogen-bond donors (Lipinski definition) is 0. The van der Waals surface area contributed by atoms with Gasteiger partial charge in [-0.3, -0.25) is 4.99 Å². The van der Waals surface area contributed by atoms with Gasteiger partial charge in [0.25, 0.3) is 0 Å². The molecular weight excluding hydrogens is 338 g/mol. The molecule has 5 heteroatoms. The van der Waals surface area contributed by atoms with E-state index in [2.05, 4.69) is 36.9 Å². The van der Waals surface area contributed by atoms with Gasteiger partial charge in [0, 0.05) is 18.3 Å². The maximum Gasteiger partial charge on any atom is 0.176 e. The second-order valence-corrected chi connectivity index (χ2v) is 4.96. The number of benzene rings is 1. The summed E-state index contributed by atoms with van der Waals surface area (Å²) in [5, 5.41) is 0. The van der Waals surface area contributed by atoms with Gasteiger partial charge in [0.2, 0.25) is 0 Å². The number of hydrogen-bond acceptors (Lipinski definition) is 3. The number of aliphatic imine (C=N–C) groups is 1. The lowest BCUT2D eigenvalue weighted by Crippen LogP contribution is -2.07. The fourth-order valence-corrected chi connectivity index (χ4v) is 3.22. The highest BCUT2D eigenvalue weighted by Crippen LogP contribution is 2.46. The topological polar surface area (TPSA) is 30.8 Å². The Balaban J connectivity index is 2.75. The molecule has 0 unspecified atom stereocenters. The number of methoxy groups -OCH3 is 2. The monoisotopic (exact) mass is 347 g/mol. The van der Waals surface area contributed by atoms with E-state index in [-0.39, 0.29) is 0 Å². The van der Waals surface area contributed by atoms with Gasteiger partial charge >= 0.3 is 0 Å². The van der Waals surface area contributed by atoms with Gasteiger partial charge in [-0.15, -0.1) is 0 Å². The van der Waals surface area contributed by atoms with Gasteiger partial charge in [0.15, 0.2) is 11.5 Å². The summed E-state index contributed by atoms with van der Waals surface area (Å²) in [6.45, 7) is 0.813. The van der Waals surface area contributed by atoms with Crippen molar-refractivity contribution in [3.8, 4) is 11.5 Å². The highest BCUT2D eigenvalue weighted by molar-refractivity contribution is 9.11. The number of rotatable bonds is 2. The summed E-state index contributed by atoms with van der Waals surface area (Å²) in [5.74, 6) is 1.42. The summed E-state index contributed by atoms with van der Waals surface area (Å²) >= 11 is 7.10. The van der Waals surface area contributed by atoms with E-state index in [4.69, 9.17) is 9.47 Å². The number of halogens is 2. The van der Waals surface area contributed by atoms with Crippen LogP contribution in [0.3, 0.4) is 0 Å². The lowest BCUT2D eigenvalue weighted by Gasteiger charge is -2.19. The van der Waals surface area contributed by atoms with Crippen LogP contribution in [0.5, 0.6) is 11.5 Å². The zero-order valence-corrected chi connectivity index (χ0v) is 12.2. The van der Waals surface area contributed by atoms with Gasteiger partial charge in [-0.2, -0.15) is 0 Å². The Bertz CT molecular complexity index is 458. The maximum atomic E-state index is 5.37. The Hall–Kier alpha value is -0.550. The van der Waals surface area contributed by atoms with Crippen LogP contribution in [0.25, 0.3) is 0 Å². The normalized spacial score (nSPS) is 13.5. The molecule has 1 aliphatic heterocycles. The largest absolute Gasteiger partial charge is 0.492 e.